The summed E-state index contributed by atoms with van der Waals surface area (Å²) in [5.41, 5.74) is 0.477. The van der Waals surface area contributed by atoms with Gasteiger partial charge >= 0.3 is 0 Å². The zero-order valence-electron chi connectivity index (χ0n) is 10.2. The van der Waals surface area contributed by atoms with E-state index in [1.807, 2.05) is 0 Å². The van der Waals surface area contributed by atoms with Crippen molar-refractivity contribution in [1.29, 1.82) is 0 Å². The van der Waals surface area contributed by atoms with E-state index in [1.54, 1.807) is 0 Å². The molecule has 0 bridgehead atoms. The number of amides is 1. The van der Waals surface area contributed by atoms with E-state index in [1.165, 1.54) is 12.8 Å². The van der Waals surface area contributed by atoms with Crippen molar-refractivity contribution in [3.8, 4) is 0 Å². The van der Waals surface area contributed by atoms with Crippen LogP contribution in [0.3, 0.4) is 0 Å². The molecule has 4 nitrogen and oxygen atoms in total. The van der Waals surface area contributed by atoms with Crippen LogP contribution < -0.4 is 10.6 Å². The molecule has 0 aromatic carbocycles. The molecule has 0 aromatic heterocycles. The van der Waals surface area contributed by atoms with Crippen molar-refractivity contribution in [1.82, 2.24) is 15.5 Å². The van der Waals surface area contributed by atoms with E-state index >= 15 is 0 Å². The SMILES string of the molecule is CCCNC(=O)CN1CCC2(CCNC2)C1. The third-order valence-corrected chi connectivity index (χ3v) is 3.79. The van der Waals surface area contributed by atoms with Gasteiger partial charge in [-0.3, -0.25) is 9.69 Å². The largest absolute Gasteiger partial charge is 0.355 e. The Balaban J connectivity index is 1.74. The second-order valence-electron chi connectivity index (χ2n) is 5.24. The average molecular weight is 225 g/mol. The monoisotopic (exact) mass is 225 g/mol. The topological polar surface area (TPSA) is 44.4 Å². The molecule has 4 heteroatoms. The molecule has 2 N–H and O–H groups in total. The van der Waals surface area contributed by atoms with Crippen LogP contribution in [0.25, 0.3) is 0 Å². The predicted molar refractivity (Wildman–Crippen MR) is 64.3 cm³/mol. The minimum absolute atomic E-state index is 0.185. The number of likely N-dealkylation sites (tertiary alicyclic amines) is 1. The molecule has 1 atom stereocenters. The summed E-state index contributed by atoms with van der Waals surface area (Å²) in [6, 6.07) is 0. The summed E-state index contributed by atoms with van der Waals surface area (Å²) in [5.74, 6) is 0.185. The first kappa shape index (κ1) is 11.9. The van der Waals surface area contributed by atoms with Crippen LogP contribution in [-0.2, 0) is 4.79 Å². The van der Waals surface area contributed by atoms with Crippen molar-refractivity contribution in [2.75, 3.05) is 39.3 Å². The lowest BCUT2D eigenvalue weighted by molar-refractivity contribution is -0.122. The van der Waals surface area contributed by atoms with Crippen LogP contribution in [0.15, 0.2) is 0 Å². The Hall–Kier alpha value is -0.610. The van der Waals surface area contributed by atoms with Crippen molar-refractivity contribution >= 4 is 5.91 Å². The fourth-order valence-electron chi connectivity index (χ4n) is 2.83. The summed E-state index contributed by atoms with van der Waals surface area (Å²) < 4.78 is 0. The predicted octanol–water partition coefficient (Wildman–Crippen LogP) is 0.198. The third-order valence-electron chi connectivity index (χ3n) is 3.79. The molecule has 1 amide bonds. The van der Waals surface area contributed by atoms with Gasteiger partial charge in [0.25, 0.3) is 0 Å². The summed E-state index contributed by atoms with van der Waals surface area (Å²) in [7, 11) is 0. The summed E-state index contributed by atoms with van der Waals surface area (Å²) >= 11 is 0. The Bertz CT molecular complexity index is 249. The maximum Gasteiger partial charge on any atom is 0.234 e. The zero-order valence-corrected chi connectivity index (χ0v) is 10.2. The van der Waals surface area contributed by atoms with E-state index in [2.05, 4.69) is 22.5 Å². The van der Waals surface area contributed by atoms with E-state index in [0.29, 0.717) is 12.0 Å². The van der Waals surface area contributed by atoms with Gasteiger partial charge in [-0.15, -0.1) is 0 Å². The van der Waals surface area contributed by atoms with Gasteiger partial charge in [0.15, 0.2) is 0 Å². The lowest BCUT2D eigenvalue weighted by Gasteiger charge is -2.22. The van der Waals surface area contributed by atoms with Gasteiger partial charge in [0, 0.05) is 19.6 Å². The molecule has 0 aromatic rings. The number of hydrogen-bond acceptors (Lipinski definition) is 3. The van der Waals surface area contributed by atoms with Crippen LogP contribution >= 0.6 is 0 Å². The van der Waals surface area contributed by atoms with E-state index in [9.17, 15) is 4.79 Å². The number of nitrogens with one attached hydrogen (secondary N) is 2. The van der Waals surface area contributed by atoms with Crippen molar-refractivity contribution in [3.63, 3.8) is 0 Å². The van der Waals surface area contributed by atoms with Crippen LogP contribution in [0.2, 0.25) is 0 Å². The molecule has 92 valence electrons. The Kier molecular flexibility index (Phi) is 3.82. The molecule has 0 saturated carbocycles. The number of carbonyl (C=O) groups is 1. The maximum absolute atomic E-state index is 11.6. The molecule has 2 fully saturated rings. The molecular formula is C12H23N3O. The molecule has 2 saturated heterocycles. The third kappa shape index (κ3) is 2.74. The van der Waals surface area contributed by atoms with Crippen molar-refractivity contribution in [3.05, 3.63) is 0 Å². The molecule has 2 rings (SSSR count). The molecular weight excluding hydrogens is 202 g/mol. The van der Waals surface area contributed by atoms with Gasteiger partial charge < -0.3 is 10.6 Å². The minimum atomic E-state index is 0.185. The highest BCUT2D eigenvalue weighted by Crippen LogP contribution is 2.35. The fraction of sp³-hybridized carbons (Fsp3) is 0.917. The standard InChI is InChI=1S/C12H23N3O/c1-2-5-14-11(16)8-15-7-4-12(10-15)3-6-13-9-12/h13H,2-10H2,1H3,(H,14,16). The quantitative estimate of drug-likeness (QED) is 0.718. The van der Waals surface area contributed by atoms with Gasteiger partial charge in [0.2, 0.25) is 5.91 Å². The molecule has 2 aliphatic heterocycles. The number of carbonyl (C=O) groups excluding carboxylic acids is 1. The number of nitrogens with zero attached hydrogens (tertiary/aromatic N) is 1. The second-order valence-corrected chi connectivity index (χ2v) is 5.24. The van der Waals surface area contributed by atoms with Gasteiger partial charge in [-0.25, -0.2) is 0 Å². The lowest BCUT2D eigenvalue weighted by Crippen LogP contribution is -2.38. The summed E-state index contributed by atoms with van der Waals surface area (Å²) in [5, 5.41) is 6.38. The van der Waals surface area contributed by atoms with Crippen LogP contribution in [0.5, 0.6) is 0 Å². The van der Waals surface area contributed by atoms with Crippen molar-refractivity contribution in [2.24, 2.45) is 5.41 Å². The van der Waals surface area contributed by atoms with Crippen molar-refractivity contribution < 1.29 is 4.79 Å². The number of rotatable bonds is 4. The Morgan fingerprint density at radius 3 is 3.06 bits per heavy atom. The average Bonchev–Trinajstić information content (AvgIpc) is 2.87. The first-order valence-corrected chi connectivity index (χ1v) is 6.44. The number of hydrogen-bond donors (Lipinski definition) is 2. The first-order valence-electron chi connectivity index (χ1n) is 6.44. The Labute approximate surface area is 97.8 Å². The van der Waals surface area contributed by atoms with Gasteiger partial charge in [-0.2, -0.15) is 0 Å². The van der Waals surface area contributed by atoms with E-state index in [-0.39, 0.29) is 5.91 Å². The summed E-state index contributed by atoms with van der Waals surface area (Å²) in [4.78, 5) is 13.9. The molecule has 0 aliphatic carbocycles. The highest BCUT2D eigenvalue weighted by Gasteiger charge is 2.40. The normalized spacial score (nSPS) is 30.1. The first-order chi connectivity index (χ1) is 7.74. The fourth-order valence-corrected chi connectivity index (χ4v) is 2.83. The minimum Gasteiger partial charge on any atom is -0.355 e. The lowest BCUT2D eigenvalue weighted by atomic mass is 9.87. The summed E-state index contributed by atoms with van der Waals surface area (Å²) in [6.07, 6.45) is 3.54. The van der Waals surface area contributed by atoms with Gasteiger partial charge in [-0.05, 0) is 37.8 Å². The molecule has 2 heterocycles. The van der Waals surface area contributed by atoms with Crippen LogP contribution in [0, 0.1) is 5.41 Å². The van der Waals surface area contributed by atoms with E-state index in [0.717, 1.165) is 39.1 Å². The summed E-state index contributed by atoms with van der Waals surface area (Å²) in [6.45, 7) is 7.94. The van der Waals surface area contributed by atoms with E-state index < -0.39 is 0 Å². The van der Waals surface area contributed by atoms with Gasteiger partial charge in [-0.1, -0.05) is 6.92 Å². The van der Waals surface area contributed by atoms with Crippen LogP contribution in [-0.4, -0.2) is 50.1 Å². The van der Waals surface area contributed by atoms with E-state index in [4.69, 9.17) is 0 Å². The van der Waals surface area contributed by atoms with Crippen LogP contribution in [0.4, 0.5) is 0 Å². The smallest absolute Gasteiger partial charge is 0.234 e. The van der Waals surface area contributed by atoms with Crippen molar-refractivity contribution in [2.45, 2.75) is 26.2 Å². The second kappa shape index (κ2) is 5.15. The maximum atomic E-state index is 11.6. The molecule has 2 aliphatic rings. The van der Waals surface area contributed by atoms with Gasteiger partial charge in [0.05, 0.1) is 6.54 Å². The zero-order chi connectivity index (χ0) is 11.4. The van der Waals surface area contributed by atoms with Gasteiger partial charge in [0.1, 0.15) is 0 Å². The molecule has 16 heavy (non-hydrogen) atoms. The Morgan fingerprint density at radius 1 is 1.50 bits per heavy atom. The molecule has 1 spiro atoms. The van der Waals surface area contributed by atoms with Crippen LogP contribution in [0.1, 0.15) is 26.2 Å². The highest BCUT2D eigenvalue weighted by atomic mass is 16.2. The highest BCUT2D eigenvalue weighted by molar-refractivity contribution is 5.78. The Morgan fingerprint density at radius 2 is 2.38 bits per heavy atom. The molecule has 0 radical (unpaired) electrons. The molecule has 1 unspecified atom stereocenters.